The van der Waals surface area contributed by atoms with Gasteiger partial charge in [-0.15, -0.1) is 0 Å². The minimum absolute atomic E-state index is 0.00834. The average molecular weight is 264 g/mol. The molecule has 3 nitrogen and oxygen atoms in total. The number of benzene rings is 1. The first kappa shape index (κ1) is 14.6. The van der Waals surface area contributed by atoms with Crippen molar-refractivity contribution in [2.24, 2.45) is 5.73 Å². The first-order valence-corrected chi connectivity index (χ1v) is 6.37. The predicted molar refractivity (Wildman–Crippen MR) is 78.9 cm³/mol. The van der Waals surface area contributed by atoms with E-state index < -0.39 is 0 Å². The summed E-state index contributed by atoms with van der Waals surface area (Å²) in [5.41, 5.74) is 8.29. The first-order valence-electron chi connectivity index (χ1n) is 5.96. The Kier molecular flexibility index (Phi) is 4.84. The molecule has 0 bridgehead atoms. The predicted octanol–water partition coefficient (Wildman–Crippen LogP) is 2.44. The van der Waals surface area contributed by atoms with E-state index in [2.05, 4.69) is 0 Å². The van der Waals surface area contributed by atoms with Crippen LogP contribution in [0.15, 0.2) is 18.2 Å². The summed E-state index contributed by atoms with van der Waals surface area (Å²) < 4.78 is 0. The van der Waals surface area contributed by atoms with E-state index in [1.165, 1.54) is 0 Å². The van der Waals surface area contributed by atoms with E-state index in [1.54, 1.807) is 11.9 Å². The smallest absolute Gasteiger partial charge is 0.254 e. The minimum atomic E-state index is 0.00834. The Hall–Kier alpha value is -1.42. The number of carbonyl (C=O) groups is 1. The summed E-state index contributed by atoms with van der Waals surface area (Å²) in [7, 11) is 1.79. The van der Waals surface area contributed by atoms with Crippen LogP contribution < -0.4 is 5.73 Å². The maximum absolute atomic E-state index is 12.5. The lowest BCUT2D eigenvalue weighted by molar-refractivity contribution is 0.0746. The van der Waals surface area contributed by atoms with Crippen LogP contribution in [0.1, 0.15) is 34.8 Å². The number of nitrogens with two attached hydrogens (primary N) is 1. The number of amides is 1. The summed E-state index contributed by atoms with van der Waals surface area (Å²) in [6.07, 6.45) is 0.544. The zero-order valence-electron chi connectivity index (χ0n) is 11.4. The Morgan fingerprint density at radius 3 is 2.33 bits per heavy atom. The van der Waals surface area contributed by atoms with Crippen LogP contribution in [-0.4, -0.2) is 28.9 Å². The third-order valence-corrected chi connectivity index (χ3v) is 3.34. The number of aryl methyl sites for hydroxylation is 2. The largest absolute Gasteiger partial charge is 0.393 e. The molecule has 1 aromatic rings. The Bertz CT molecular complexity index is 451. The van der Waals surface area contributed by atoms with Gasteiger partial charge in [0.15, 0.2) is 0 Å². The van der Waals surface area contributed by atoms with Crippen LogP contribution in [0, 0.1) is 13.8 Å². The summed E-state index contributed by atoms with van der Waals surface area (Å²) in [6.45, 7) is 5.85. The van der Waals surface area contributed by atoms with Gasteiger partial charge in [-0.1, -0.05) is 30.4 Å². The molecule has 0 aromatic heterocycles. The van der Waals surface area contributed by atoms with Crippen LogP contribution in [0.3, 0.4) is 0 Å². The van der Waals surface area contributed by atoms with Crippen LogP contribution in [0.2, 0.25) is 0 Å². The van der Waals surface area contributed by atoms with Crippen LogP contribution >= 0.6 is 12.2 Å². The molecule has 0 radical (unpaired) electrons. The molecule has 2 N–H and O–H groups in total. The normalized spacial score (nSPS) is 12.0. The fourth-order valence-corrected chi connectivity index (χ4v) is 2.20. The molecule has 1 unspecified atom stereocenters. The highest BCUT2D eigenvalue weighted by Gasteiger charge is 2.20. The zero-order valence-corrected chi connectivity index (χ0v) is 12.2. The molecule has 0 fully saturated rings. The minimum Gasteiger partial charge on any atom is -0.393 e. The molecule has 0 spiro atoms. The molecule has 1 rings (SSSR count). The van der Waals surface area contributed by atoms with E-state index in [0.717, 1.165) is 16.7 Å². The molecule has 0 aliphatic carbocycles. The van der Waals surface area contributed by atoms with Crippen molar-refractivity contribution in [1.29, 1.82) is 0 Å². The average Bonchev–Trinajstić information content (AvgIpc) is 2.26. The monoisotopic (exact) mass is 264 g/mol. The Morgan fingerprint density at radius 1 is 1.39 bits per heavy atom. The lowest BCUT2D eigenvalue weighted by atomic mass is 10.0. The van der Waals surface area contributed by atoms with Crippen molar-refractivity contribution in [1.82, 2.24) is 4.90 Å². The SMILES string of the molecule is Cc1cccc(C)c1C(=O)N(C)C(C)CC(N)=S. The van der Waals surface area contributed by atoms with Crippen molar-refractivity contribution in [3.8, 4) is 0 Å². The lowest BCUT2D eigenvalue weighted by Crippen LogP contribution is -2.38. The van der Waals surface area contributed by atoms with Crippen LogP contribution in [0.5, 0.6) is 0 Å². The fraction of sp³-hybridized carbons (Fsp3) is 0.429. The van der Waals surface area contributed by atoms with E-state index in [-0.39, 0.29) is 11.9 Å². The van der Waals surface area contributed by atoms with Gasteiger partial charge in [0.25, 0.3) is 5.91 Å². The third-order valence-electron chi connectivity index (χ3n) is 3.17. The molecule has 0 aliphatic heterocycles. The molecule has 18 heavy (non-hydrogen) atoms. The number of rotatable bonds is 4. The zero-order chi connectivity index (χ0) is 13.9. The van der Waals surface area contributed by atoms with Gasteiger partial charge in [-0.2, -0.15) is 0 Å². The number of hydrogen-bond donors (Lipinski definition) is 1. The van der Waals surface area contributed by atoms with Crippen molar-refractivity contribution in [3.05, 3.63) is 34.9 Å². The van der Waals surface area contributed by atoms with E-state index >= 15 is 0 Å². The van der Waals surface area contributed by atoms with Crippen molar-refractivity contribution in [2.75, 3.05) is 7.05 Å². The molecule has 1 aromatic carbocycles. The van der Waals surface area contributed by atoms with Crippen molar-refractivity contribution >= 4 is 23.1 Å². The van der Waals surface area contributed by atoms with Gasteiger partial charge in [0.2, 0.25) is 0 Å². The van der Waals surface area contributed by atoms with Gasteiger partial charge >= 0.3 is 0 Å². The second kappa shape index (κ2) is 5.96. The van der Waals surface area contributed by atoms with E-state index in [1.807, 2.05) is 39.0 Å². The van der Waals surface area contributed by atoms with Gasteiger partial charge in [0.1, 0.15) is 0 Å². The van der Waals surface area contributed by atoms with Gasteiger partial charge in [0, 0.05) is 25.1 Å². The van der Waals surface area contributed by atoms with Gasteiger partial charge in [-0.3, -0.25) is 4.79 Å². The number of thiocarbonyl (C=S) groups is 1. The molecular weight excluding hydrogens is 244 g/mol. The number of hydrogen-bond acceptors (Lipinski definition) is 2. The summed E-state index contributed by atoms with van der Waals surface area (Å²) in [6, 6.07) is 5.87. The highest BCUT2D eigenvalue weighted by atomic mass is 32.1. The second-order valence-corrected chi connectivity index (χ2v) is 5.23. The summed E-state index contributed by atoms with van der Waals surface area (Å²) in [4.78, 5) is 14.6. The van der Waals surface area contributed by atoms with Crippen molar-refractivity contribution < 1.29 is 4.79 Å². The van der Waals surface area contributed by atoms with Gasteiger partial charge in [-0.25, -0.2) is 0 Å². The maximum atomic E-state index is 12.5. The van der Waals surface area contributed by atoms with Gasteiger partial charge < -0.3 is 10.6 Å². The molecule has 98 valence electrons. The summed E-state index contributed by atoms with van der Waals surface area (Å²) in [5.74, 6) is 0.0225. The topological polar surface area (TPSA) is 46.3 Å². The summed E-state index contributed by atoms with van der Waals surface area (Å²) in [5, 5.41) is 0. The standard InChI is InChI=1S/C14H20N2OS/c1-9-6-5-7-10(2)13(9)14(17)16(4)11(3)8-12(15)18/h5-7,11H,8H2,1-4H3,(H2,15,18). The molecule has 1 amide bonds. The lowest BCUT2D eigenvalue weighted by Gasteiger charge is -2.26. The van der Waals surface area contributed by atoms with Crippen LogP contribution in [-0.2, 0) is 0 Å². The Labute approximate surface area is 114 Å². The quantitative estimate of drug-likeness (QED) is 0.850. The van der Waals surface area contributed by atoms with E-state index in [0.29, 0.717) is 11.4 Å². The van der Waals surface area contributed by atoms with Gasteiger partial charge in [-0.05, 0) is 31.9 Å². The summed E-state index contributed by atoms with van der Waals surface area (Å²) >= 11 is 4.89. The maximum Gasteiger partial charge on any atom is 0.254 e. The molecule has 4 heteroatoms. The van der Waals surface area contributed by atoms with Crippen molar-refractivity contribution in [2.45, 2.75) is 33.2 Å². The van der Waals surface area contributed by atoms with E-state index in [9.17, 15) is 4.79 Å². The molecule has 0 saturated heterocycles. The number of carbonyl (C=O) groups excluding carboxylic acids is 1. The highest BCUT2D eigenvalue weighted by molar-refractivity contribution is 7.80. The van der Waals surface area contributed by atoms with Crippen LogP contribution in [0.4, 0.5) is 0 Å². The second-order valence-electron chi connectivity index (χ2n) is 4.70. The molecule has 0 heterocycles. The number of nitrogens with zero attached hydrogens (tertiary/aromatic N) is 1. The molecular formula is C14H20N2OS. The first-order chi connectivity index (χ1) is 8.34. The Morgan fingerprint density at radius 2 is 1.89 bits per heavy atom. The Balaban J connectivity index is 2.96. The van der Waals surface area contributed by atoms with Crippen molar-refractivity contribution in [3.63, 3.8) is 0 Å². The third kappa shape index (κ3) is 3.29. The molecule has 1 atom stereocenters. The van der Waals surface area contributed by atoms with E-state index in [4.69, 9.17) is 18.0 Å². The van der Waals surface area contributed by atoms with Gasteiger partial charge in [0.05, 0.1) is 4.99 Å². The highest BCUT2D eigenvalue weighted by Crippen LogP contribution is 2.17. The van der Waals surface area contributed by atoms with Crippen LogP contribution in [0.25, 0.3) is 0 Å². The molecule has 0 saturated carbocycles. The fourth-order valence-electron chi connectivity index (χ4n) is 1.96. The molecule has 0 aliphatic rings.